The van der Waals surface area contributed by atoms with Crippen molar-refractivity contribution in [1.82, 2.24) is 40.4 Å². The lowest BCUT2D eigenvalue weighted by molar-refractivity contribution is -0.139. The SMILES string of the molecule is COC(=O)N[C@H](C(=O)N1[C@@H]2[C@H](C)[C@@H]2C[C@H]1c1ncc(-c2ccc3cc(-c4ccc(-c5cnc([C@@H]6C[C@H]7C[C@H]7N6C(=O)[C@@H](NC(=O)OC)C6CCOCC6)[nH]5)cc4)ccc3c2)[nH]1)C1CCOCC1. The van der Waals surface area contributed by atoms with Crippen molar-refractivity contribution >= 4 is 34.8 Å². The Hall–Kier alpha value is -6.26. The molecule has 6 heterocycles. The van der Waals surface area contributed by atoms with Crippen LogP contribution in [0.25, 0.3) is 44.4 Å². The Morgan fingerprint density at radius 1 is 0.642 bits per heavy atom. The van der Waals surface area contributed by atoms with Gasteiger partial charge in [-0.2, -0.15) is 0 Å². The van der Waals surface area contributed by atoms with Crippen LogP contribution >= 0.6 is 0 Å². The average molecular weight is 911 g/mol. The van der Waals surface area contributed by atoms with Crippen molar-refractivity contribution in [3.05, 3.63) is 84.7 Å². The zero-order valence-corrected chi connectivity index (χ0v) is 38.1. The molecule has 4 saturated heterocycles. The molecule has 2 aliphatic carbocycles. The Morgan fingerprint density at radius 2 is 1.13 bits per heavy atom. The number of rotatable bonds is 11. The maximum atomic E-state index is 14.4. The largest absolute Gasteiger partial charge is 0.453 e. The summed E-state index contributed by atoms with van der Waals surface area (Å²) in [5.41, 5.74) is 5.94. The van der Waals surface area contributed by atoms with Gasteiger partial charge in [0.25, 0.3) is 0 Å². The molecule has 2 aromatic heterocycles. The van der Waals surface area contributed by atoms with E-state index in [9.17, 15) is 19.2 Å². The number of amides is 4. The molecular weight excluding hydrogens is 853 g/mol. The van der Waals surface area contributed by atoms with Gasteiger partial charge in [-0.1, -0.05) is 55.5 Å². The third-order valence-corrected chi connectivity index (χ3v) is 15.7. The van der Waals surface area contributed by atoms with E-state index < -0.39 is 24.3 Å². The molecule has 4 aliphatic heterocycles. The summed E-state index contributed by atoms with van der Waals surface area (Å²) in [5.74, 6) is 2.55. The van der Waals surface area contributed by atoms with E-state index in [1.165, 1.54) is 14.2 Å². The molecule has 0 spiro atoms. The number of alkyl carbamates (subject to hydrolysis) is 2. The number of benzene rings is 3. The lowest BCUT2D eigenvalue weighted by Gasteiger charge is -2.35. The molecular formula is C51H58N8O8. The van der Waals surface area contributed by atoms with Crippen LogP contribution in [-0.4, -0.2) is 119 Å². The van der Waals surface area contributed by atoms with Crippen LogP contribution in [0.4, 0.5) is 9.59 Å². The third kappa shape index (κ3) is 8.21. The number of fused-ring (bicyclic) bond motifs is 3. The number of carbonyl (C=O) groups excluding carboxylic acids is 4. The normalized spacial score (nSPS) is 26.6. The van der Waals surface area contributed by atoms with Crippen LogP contribution in [0.15, 0.2) is 73.1 Å². The number of methoxy groups -OCH3 is 2. The van der Waals surface area contributed by atoms with Gasteiger partial charge >= 0.3 is 12.2 Å². The predicted molar refractivity (Wildman–Crippen MR) is 247 cm³/mol. The first-order valence-corrected chi connectivity index (χ1v) is 23.9. The highest BCUT2D eigenvalue weighted by atomic mass is 16.5. The zero-order chi connectivity index (χ0) is 45.9. The van der Waals surface area contributed by atoms with E-state index in [4.69, 9.17) is 28.9 Å². The molecule has 9 atom stereocenters. The van der Waals surface area contributed by atoms with Crippen molar-refractivity contribution in [3.63, 3.8) is 0 Å². The molecule has 0 radical (unpaired) electrons. The van der Waals surface area contributed by atoms with Crippen molar-refractivity contribution < 1.29 is 38.1 Å². The van der Waals surface area contributed by atoms with Gasteiger partial charge in [-0.05, 0) is 114 Å². The summed E-state index contributed by atoms with van der Waals surface area (Å²) in [7, 11) is 2.65. The monoisotopic (exact) mass is 910 g/mol. The summed E-state index contributed by atoms with van der Waals surface area (Å²) in [5, 5.41) is 7.94. The van der Waals surface area contributed by atoms with Crippen molar-refractivity contribution in [2.24, 2.45) is 29.6 Å². The molecule has 11 rings (SSSR count). The highest BCUT2D eigenvalue weighted by Crippen LogP contribution is 2.58. The fourth-order valence-electron chi connectivity index (χ4n) is 11.8. The summed E-state index contributed by atoms with van der Waals surface area (Å²) >= 11 is 0. The van der Waals surface area contributed by atoms with Gasteiger partial charge in [0.05, 0.1) is 50.1 Å². The van der Waals surface area contributed by atoms with Gasteiger partial charge in [-0.3, -0.25) is 9.59 Å². The average Bonchev–Trinajstić information content (AvgIpc) is 3.83. The molecule has 0 unspecified atom stereocenters. The van der Waals surface area contributed by atoms with Gasteiger partial charge in [-0.15, -0.1) is 0 Å². The van der Waals surface area contributed by atoms with Crippen molar-refractivity contribution in [1.29, 1.82) is 0 Å². The fraction of sp³-hybridized carbons (Fsp3) is 0.490. The number of likely N-dealkylation sites (tertiary alicyclic amines) is 2. The second-order valence-electron chi connectivity index (χ2n) is 19.4. The van der Waals surface area contributed by atoms with E-state index in [0.717, 1.165) is 75.3 Å². The number of nitrogens with zero attached hydrogens (tertiary/aromatic N) is 4. The Kier molecular flexibility index (Phi) is 11.5. The van der Waals surface area contributed by atoms with E-state index in [2.05, 4.69) is 88.2 Å². The molecule has 67 heavy (non-hydrogen) atoms. The number of aromatic nitrogens is 4. The van der Waals surface area contributed by atoms with Crippen LogP contribution in [-0.2, 0) is 28.5 Å². The van der Waals surface area contributed by atoms with Crippen LogP contribution in [0.2, 0.25) is 0 Å². The number of ether oxygens (including phenoxy) is 4. The van der Waals surface area contributed by atoms with Crippen LogP contribution in [0.3, 0.4) is 0 Å². The minimum absolute atomic E-state index is 0.0218. The molecule has 4 amide bonds. The second-order valence-corrected chi connectivity index (χ2v) is 19.4. The number of carbonyl (C=O) groups is 4. The topological polar surface area (TPSA) is 193 Å². The lowest BCUT2D eigenvalue weighted by Crippen LogP contribution is -2.54. The standard InChI is InChI=1S/C51H58N8O8/c1-27-37-24-42(59(45(27)37)49(61)44(57-51(63)65-3)31-14-18-67-19-15-31)47-53-26-39(55-47)35-11-10-33-20-32(8-9-34(33)21-35)28-4-6-29(7-5-28)38-25-52-46(54-38)41-23-36-22-40(36)58(41)48(60)43(56-50(62)64-2)30-12-16-66-17-13-30/h4-11,20-21,25-27,30-31,36-37,40-45H,12-19,22-24H2,1-3H3,(H,52,54)(H,53,55)(H,56,62)(H,57,63)/t27-,36-,37+,40-,41+,42+,43+,44+,45-/m1/s1. The first kappa shape index (κ1) is 43.3. The summed E-state index contributed by atoms with van der Waals surface area (Å²) in [6.07, 6.45) is 7.93. The van der Waals surface area contributed by atoms with Gasteiger partial charge < -0.3 is 49.3 Å². The van der Waals surface area contributed by atoms with E-state index in [-0.39, 0.29) is 47.8 Å². The lowest BCUT2D eigenvalue weighted by atomic mass is 9.90. The summed E-state index contributed by atoms with van der Waals surface area (Å²) < 4.78 is 21.0. The third-order valence-electron chi connectivity index (χ3n) is 15.7. The maximum Gasteiger partial charge on any atom is 0.407 e. The fourth-order valence-corrected chi connectivity index (χ4v) is 11.8. The minimum atomic E-state index is -0.687. The number of piperidine rings is 2. The zero-order valence-electron chi connectivity index (χ0n) is 38.1. The Labute approximate surface area is 388 Å². The maximum absolute atomic E-state index is 14.4. The van der Waals surface area contributed by atoms with Crippen LogP contribution in [0, 0.1) is 29.6 Å². The van der Waals surface area contributed by atoms with Crippen LogP contribution < -0.4 is 10.6 Å². The highest BCUT2D eigenvalue weighted by molar-refractivity contribution is 5.91. The van der Waals surface area contributed by atoms with Gasteiger partial charge in [0, 0.05) is 44.1 Å². The molecule has 4 N–H and O–H groups in total. The molecule has 16 heteroatoms. The van der Waals surface area contributed by atoms with Gasteiger partial charge in [-0.25, -0.2) is 19.6 Å². The molecule has 3 aromatic carbocycles. The molecule has 6 fully saturated rings. The van der Waals surface area contributed by atoms with Crippen LogP contribution in [0.5, 0.6) is 0 Å². The Morgan fingerprint density at radius 3 is 1.72 bits per heavy atom. The summed E-state index contributed by atoms with van der Waals surface area (Å²) in [4.78, 5) is 74.2. The smallest absolute Gasteiger partial charge is 0.407 e. The number of H-pyrrole nitrogens is 2. The van der Waals surface area contributed by atoms with Gasteiger partial charge in [0.2, 0.25) is 11.8 Å². The first-order chi connectivity index (χ1) is 32.7. The van der Waals surface area contributed by atoms with Gasteiger partial charge in [0.15, 0.2) is 0 Å². The van der Waals surface area contributed by atoms with E-state index >= 15 is 0 Å². The number of hydrogen-bond donors (Lipinski definition) is 4. The van der Waals surface area contributed by atoms with Crippen molar-refractivity contribution in [2.75, 3.05) is 40.6 Å². The quantitative estimate of drug-likeness (QED) is 0.106. The van der Waals surface area contributed by atoms with E-state index in [1.807, 2.05) is 22.2 Å². The number of hydrogen-bond acceptors (Lipinski definition) is 10. The molecule has 350 valence electrons. The Bertz CT molecular complexity index is 2670. The molecule has 16 nitrogen and oxygen atoms in total. The highest BCUT2D eigenvalue weighted by Gasteiger charge is 2.62. The van der Waals surface area contributed by atoms with E-state index in [0.29, 0.717) is 69.9 Å². The molecule has 2 saturated carbocycles. The molecule has 0 bridgehead atoms. The molecule has 6 aliphatic rings. The number of nitrogens with one attached hydrogen (secondary N) is 4. The van der Waals surface area contributed by atoms with E-state index in [1.54, 1.807) is 0 Å². The minimum Gasteiger partial charge on any atom is -0.453 e. The first-order valence-electron chi connectivity index (χ1n) is 23.9. The van der Waals surface area contributed by atoms with Gasteiger partial charge in [0.1, 0.15) is 23.7 Å². The summed E-state index contributed by atoms with van der Waals surface area (Å²) in [6, 6.07) is 19.8. The summed E-state index contributed by atoms with van der Waals surface area (Å²) in [6.45, 7) is 4.45. The van der Waals surface area contributed by atoms with Crippen molar-refractivity contribution in [2.45, 2.75) is 88.1 Å². The number of aromatic amines is 2. The Balaban J connectivity index is 0.772. The molecule has 5 aromatic rings. The number of imidazole rings is 2. The predicted octanol–water partition coefficient (Wildman–Crippen LogP) is 7.16. The second kappa shape index (κ2) is 17.8. The van der Waals surface area contributed by atoms with Crippen LogP contribution in [0.1, 0.15) is 75.6 Å². The van der Waals surface area contributed by atoms with Crippen molar-refractivity contribution in [3.8, 4) is 33.6 Å².